The number of benzene rings is 1. The number of sulfonamides is 1. The third-order valence-corrected chi connectivity index (χ3v) is 7.45. The van der Waals surface area contributed by atoms with E-state index in [1.165, 1.54) is 12.1 Å². The van der Waals surface area contributed by atoms with E-state index in [9.17, 15) is 13.0 Å². The molecular formula is C15H21Cl3NO5PS. The Balaban J connectivity index is 3.59. The molecule has 26 heavy (non-hydrogen) atoms. The van der Waals surface area contributed by atoms with Crippen LogP contribution in [0, 0.1) is 6.92 Å². The van der Waals surface area contributed by atoms with E-state index in [0.717, 1.165) is 5.56 Å². The quantitative estimate of drug-likeness (QED) is 0.302. The zero-order valence-electron chi connectivity index (χ0n) is 14.9. The van der Waals surface area contributed by atoms with Crippen LogP contribution in [0.4, 0.5) is 0 Å². The summed E-state index contributed by atoms with van der Waals surface area (Å²) in [7, 11) is -8.63. The molecule has 0 bridgehead atoms. The molecule has 6 nitrogen and oxygen atoms in total. The van der Waals surface area contributed by atoms with Gasteiger partial charge in [0.25, 0.3) is 10.0 Å². The monoisotopic (exact) mass is 463 g/mol. The molecular weight excluding hydrogens is 444 g/mol. The van der Waals surface area contributed by atoms with Gasteiger partial charge >= 0.3 is 7.60 Å². The Morgan fingerprint density at radius 1 is 1.04 bits per heavy atom. The van der Waals surface area contributed by atoms with E-state index < -0.39 is 39.1 Å². The normalized spacial score (nSPS) is 14.3. The number of alkyl halides is 3. The minimum absolute atomic E-state index is 0.143. The van der Waals surface area contributed by atoms with E-state index in [2.05, 4.69) is 4.40 Å². The summed E-state index contributed by atoms with van der Waals surface area (Å²) in [4.78, 5) is -0.143. The predicted molar refractivity (Wildman–Crippen MR) is 106 cm³/mol. The molecule has 148 valence electrons. The summed E-state index contributed by atoms with van der Waals surface area (Å²) in [6.45, 7) is 8.14. The highest BCUT2D eigenvalue weighted by atomic mass is 35.6. The van der Waals surface area contributed by atoms with Gasteiger partial charge in [0.05, 0.1) is 17.1 Å². The lowest BCUT2D eigenvalue weighted by atomic mass is 10.2. The van der Waals surface area contributed by atoms with Crippen LogP contribution in [-0.4, -0.2) is 29.9 Å². The molecule has 0 saturated heterocycles. The van der Waals surface area contributed by atoms with Crippen molar-refractivity contribution in [3.63, 3.8) is 0 Å². The van der Waals surface area contributed by atoms with Crippen LogP contribution in [0.1, 0.15) is 33.3 Å². The maximum absolute atomic E-state index is 13.3. The maximum Gasteiger partial charge on any atom is 0.381 e. The van der Waals surface area contributed by atoms with Crippen molar-refractivity contribution in [1.82, 2.24) is 0 Å². The van der Waals surface area contributed by atoms with Gasteiger partial charge in [-0.25, -0.2) is 0 Å². The van der Waals surface area contributed by atoms with E-state index in [-0.39, 0.29) is 4.90 Å². The van der Waals surface area contributed by atoms with Gasteiger partial charge in [0.1, 0.15) is 0 Å². The molecule has 0 aliphatic heterocycles. The second-order valence-electron chi connectivity index (χ2n) is 6.01. The van der Waals surface area contributed by atoms with Crippen molar-refractivity contribution in [1.29, 1.82) is 0 Å². The van der Waals surface area contributed by atoms with Gasteiger partial charge in [-0.05, 0) is 46.8 Å². The van der Waals surface area contributed by atoms with Gasteiger partial charge in [-0.3, -0.25) is 4.57 Å². The Labute approximate surface area is 169 Å². The molecule has 0 atom stereocenters. The summed E-state index contributed by atoms with van der Waals surface area (Å²) in [5.41, 5.74) is 0.0458. The van der Waals surface area contributed by atoms with Crippen molar-refractivity contribution in [3.05, 3.63) is 29.8 Å². The molecule has 0 spiro atoms. The standard InChI is InChI=1S/C15H21Cl3NO5PS/c1-10(2)23-25(20,24-11(3)4)14(15(16,17)18)19-26(21,22)13-8-6-12(5)7-9-13/h6-11H,1-5H3/b19-14+. The van der Waals surface area contributed by atoms with Crippen LogP contribution in [0.25, 0.3) is 0 Å². The molecule has 11 heteroatoms. The smallest absolute Gasteiger partial charge is 0.301 e. The molecule has 0 aromatic heterocycles. The van der Waals surface area contributed by atoms with Crippen molar-refractivity contribution in [2.75, 3.05) is 0 Å². The molecule has 1 aromatic rings. The molecule has 0 N–H and O–H groups in total. The maximum atomic E-state index is 13.3. The summed E-state index contributed by atoms with van der Waals surface area (Å²) in [5.74, 6) is 0. The SMILES string of the molecule is Cc1ccc(S(=O)(=O)/N=C(\C(Cl)(Cl)Cl)P(=O)(OC(C)C)OC(C)C)cc1. The highest BCUT2D eigenvalue weighted by Crippen LogP contribution is 2.58. The number of hydrogen-bond donors (Lipinski definition) is 0. The average molecular weight is 465 g/mol. The van der Waals surface area contributed by atoms with E-state index in [4.69, 9.17) is 43.9 Å². The minimum atomic E-state index is -4.31. The first-order valence-electron chi connectivity index (χ1n) is 7.63. The highest BCUT2D eigenvalue weighted by Gasteiger charge is 2.47. The second kappa shape index (κ2) is 8.91. The second-order valence-corrected chi connectivity index (χ2v) is 11.7. The van der Waals surface area contributed by atoms with Crippen LogP contribution in [-0.2, 0) is 23.6 Å². The molecule has 0 amide bonds. The lowest BCUT2D eigenvalue weighted by molar-refractivity contribution is 0.152. The number of nitrogens with zero attached hydrogens (tertiary/aromatic N) is 1. The van der Waals surface area contributed by atoms with Crippen molar-refractivity contribution in [2.24, 2.45) is 4.40 Å². The van der Waals surface area contributed by atoms with Gasteiger partial charge in [-0.1, -0.05) is 52.5 Å². The summed E-state index contributed by atoms with van der Waals surface area (Å²) in [6, 6.07) is 5.88. The molecule has 0 unspecified atom stereocenters. The number of aryl methyl sites for hydroxylation is 1. The first-order chi connectivity index (χ1) is 11.7. The van der Waals surface area contributed by atoms with E-state index in [1.807, 2.05) is 0 Å². The Morgan fingerprint density at radius 2 is 1.46 bits per heavy atom. The van der Waals surface area contributed by atoms with Crippen LogP contribution >= 0.6 is 42.4 Å². The van der Waals surface area contributed by atoms with Crippen LogP contribution in [0.5, 0.6) is 0 Å². The largest absolute Gasteiger partial charge is 0.381 e. The Hall–Kier alpha value is -0.140. The first kappa shape index (κ1) is 23.9. The summed E-state index contributed by atoms with van der Waals surface area (Å²) < 4.78 is 50.3. The molecule has 1 rings (SSSR count). The number of halogens is 3. The van der Waals surface area contributed by atoms with E-state index in [0.29, 0.717) is 0 Å². The van der Waals surface area contributed by atoms with Crippen LogP contribution in [0.2, 0.25) is 0 Å². The number of hydrogen-bond acceptors (Lipinski definition) is 5. The fourth-order valence-electron chi connectivity index (χ4n) is 1.81. The lowest BCUT2D eigenvalue weighted by Gasteiger charge is -2.26. The third-order valence-electron chi connectivity index (χ3n) is 2.74. The first-order valence-corrected chi connectivity index (χ1v) is 11.8. The Bertz CT molecular complexity index is 788. The van der Waals surface area contributed by atoms with E-state index >= 15 is 0 Å². The van der Waals surface area contributed by atoms with E-state index in [1.54, 1.807) is 46.8 Å². The molecule has 0 fully saturated rings. The van der Waals surface area contributed by atoms with Crippen LogP contribution in [0.15, 0.2) is 33.6 Å². The van der Waals surface area contributed by atoms with Crippen molar-refractivity contribution < 1.29 is 22.0 Å². The lowest BCUT2D eigenvalue weighted by Crippen LogP contribution is -2.26. The minimum Gasteiger partial charge on any atom is -0.301 e. The summed E-state index contributed by atoms with van der Waals surface area (Å²) in [6.07, 6.45) is -1.20. The average Bonchev–Trinajstić information content (AvgIpc) is 2.42. The van der Waals surface area contributed by atoms with Crippen LogP contribution < -0.4 is 0 Å². The molecule has 0 aliphatic carbocycles. The third kappa shape index (κ3) is 6.79. The molecule has 0 radical (unpaired) electrons. The fourth-order valence-corrected chi connectivity index (χ4v) is 6.36. The highest BCUT2D eigenvalue weighted by molar-refractivity contribution is 7.91. The topological polar surface area (TPSA) is 82.0 Å². The van der Waals surface area contributed by atoms with Crippen LogP contribution in [0.3, 0.4) is 0 Å². The molecule has 1 aromatic carbocycles. The van der Waals surface area contributed by atoms with Gasteiger partial charge in [-0.2, -0.15) is 12.8 Å². The Morgan fingerprint density at radius 3 is 1.81 bits per heavy atom. The zero-order chi connectivity index (χ0) is 20.3. The number of rotatable bonds is 7. The summed E-state index contributed by atoms with van der Waals surface area (Å²) >= 11 is 17.6. The molecule has 0 saturated carbocycles. The van der Waals surface area contributed by atoms with Crippen molar-refractivity contribution in [2.45, 2.75) is 55.5 Å². The van der Waals surface area contributed by atoms with Gasteiger partial charge in [0.15, 0.2) is 5.45 Å². The van der Waals surface area contributed by atoms with Gasteiger partial charge in [0.2, 0.25) is 3.79 Å². The molecule has 0 aliphatic rings. The Kier molecular flexibility index (Phi) is 8.19. The van der Waals surface area contributed by atoms with Crippen molar-refractivity contribution >= 4 is 57.9 Å². The zero-order valence-corrected chi connectivity index (χ0v) is 18.9. The van der Waals surface area contributed by atoms with Gasteiger partial charge in [-0.15, -0.1) is 0 Å². The fraction of sp³-hybridized carbons (Fsp3) is 0.533. The predicted octanol–water partition coefficient (Wildman–Crippen LogP) is 5.50. The van der Waals surface area contributed by atoms with Crippen molar-refractivity contribution in [3.8, 4) is 0 Å². The molecule has 0 heterocycles. The van der Waals surface area contributed by atoms with Gasteiger partial charge < -0.3 is 9.05 Å². The summed E-state index contributed by atoms with van der Waals surface area (Å²) in [5, 5.41) is 0. The van der Waals surface area contributed by atoms with Gasteiger partial charge in [0, 0.05) is 0 Å².